The van der Waals surface area contributed by atoms with Crippen molar-refractivity contribution in [3.05, 3.63) is 78.0 Å². The van der Waals surface area contributed by atoms with Gasteiger partial charge < -0.3 is 9.64 Å². The van der Waals surface area contributed by atoms with Gasteiger partial charge in [0.15, 0.2) is 6.10 Å². The minimum atomic E-state index is -0.872. The van der Waals surface area contributed by atoms with Crippen molar-refractivity contribution in [3.8, 4) is 11.3 Å². The first-order valence-corrected chi connectivity index (χ1v) is 9.04. The molecule has 1 heterocycles. The zero-order chi connectivity index (χ0) is 20.1. The number of hydrogen-bond acceptors (Lipinski definition) is 4. The average Bonchev–Trinajstić information content (AvgIpc) is 3.12. The molecule has 0 radical (unpaired) electrons. The highest BCUT2D eigenvalue weighted by Gasteiger charge is 2.24. The van der Waals surface area contributed by atoms with Gasteiger partial charge in [0.1, 0.15) is 11.3 Å². The molecule has 0 aliphatic rings. The van der Waals surface area contributed by atoms with Gasteiger partial charge in [-0.3, -0.25) is 9.48 Å². The number of likely N-dealkylation sites (N-methyl/N-ethyl adjacent to an activating group) is 1. The number of hydrogen-bond donors (Lipinski definition) is 0. The van der Waals surface area contributed by atoms with Crippen LogP contribution < -0.4 is 0 Å². The van der Waals surface area contributed by atoms with E-state index < -0.39 is 12.1 Å². The van der Waals surface area contributed by atoms with Crippen LogP contribution in [0.4, 0.5) is 0 Å². The van der Waals surface area contributed by atoms with E-state index in [0.717, 1.165) is 11.1 Å². The molecule has 2 aromatic carbocycles. The normalized spacial score (nSPS) is 11.7. The van der Waals surface area contributed by atoms with Crippen LogP contribution in [0.3, 0.4) is 0 Å². The number of esters is 1. The lowest BCUT2D eigenvalue weighted by Crippen LogP contribution is -2.34. The average molecular weight is 377 g/mol. The van der Waals surface area contributed by atoms with Crippen LogP contribution in [0.25, 0.3) is 11.3 Å². The molecule has 1 aromatic heterocycles. The second-order valence-corrected chi connectivity index (χ2v) is 6.72. The van der Waals surface area contributed by atoms with E-state index in [9.17, 15) is 9.59 Å². The summed E-state index contributed by atoms with van der Waals surface area (Å²) in [4.78, 5) is 26.2. The quantitative estimate of drug-likeness (QED) is 0.619. The largest absolute Gasteiger partial charge is 0.449 e. The molecule has 1 atom stereocenters. The molecule has 1 amide bonds. The molecule has 144 valence electrons. The number of ether oxygens (including phenoxy) is 1. The van der Waals surface area contributed by atoms with E-state index in [4.69, 9.17) is 4.74 Å². The molecule has 0 aliphatic heterocycles. The maximum atomic E-state index is 12.8. The molecule has 0 fully saturated rings. The van der Waals surface area contributed by atoms with Gasteiger partial charge in [-0.05, 0) is 12.5 Å². The van der Waals surface area contributed by atoms with E-state index in [0.29, 0.717) is 17.8 Å². The standard InChI is InChI=1S/C22H23N3O3/c1-16(21(26)24(2)3)28-22(27)19-15-25(14-17-10-6-4-7-11-17)23-20(19)18-12-8-5-9-13-18/h4-13,15-16H,14H2,1-3H3/t16-/m0/s1. The molecular weight excluding hydrogens is 354 g/mol. The van der Waals surface area contributed by atoms with Gasteiger partial charge in [-0.1, -0.05) is 60.7 Å². The topological polar surface area (TPSA) is 64.4 Å². The van der Waals surface area contributed by atoms with Crippen molar-refractivity contribution < 1.29 is 14.3 Å². The number of benzene rings is 2. The van der Waals surface area contributed by atoms with Crippen molar-refractivity contribution in [2.75, 3.05) is 14.1 Å². The molecule has 0 unspecified atom stereocenters. The molecule has 6 heteroatoms. The zero-order valence-electron chi connectivity index (χ0n) is 16.2. The summed E-state index contributed by atoms with van der Waals surface area (Å²) >= 11 is 0. The molecule has 0 bridgehead atoms. The molecular formula is C22H23N3O3. The fraction of sp³-hybridized carbons (Fsp3) is 0.227. The summed E-state index contributed by atoms with van der Waals surface area (Å²) in [6.45, 7) is 2.09. The van der Waals surface area contributed by atoms with Crippen molar-refractivity contribution >= 4 is 11.9 Å². The van der Waals surface area contributed by atoms with Crippen LogP contribution in [-0.4, -0.2) is 46.8 Å². The maximum absolute atomic E-state index is 12.8. The van der Waals surface area contributed by atoms with E-state index in [2.05, 4.69) is 5.10 Å². The van der Waals surface area contributed by atoms with Crippen molar-refractivity contribution in [2.45, 2.75) is 19.6 Å². The Hall–Kier alpha value is -3.41. The molecule has 0 spiro atoms. The summed E-state index contributed by atoms with van der Waals surface area (Å²) in [6.07, 6.45) is 0.799. The lowest BCUT2D eigenvalue weighted by atomic mass is 10.1. The maximum Gasteiger partial charge on any atom is 0.342 e. The van der Waals surface area contributed by atoms with Gasteiger partial charge in [-0.15, -0.1) is 0 Å². The molecule has 0 N–H and O–H groups in total. The second-order valence-electron chi connectivity index (χ2n) is 6.72. The van der Waals surface area contributed by atoms with Gasteiger partial charge in [-0.2, -0.15) is 5.10 Å². The first kappa shape index (κ1) is 19.4. The fourth-order valence-electron chi connectivity index (χ4n) is 2.87. The SMILES string of the molecule is C[C@H](OC(=O)c1cn(Cc2ccccc2)nc1-c1ccccc1)C(=O)N(C)C. The Bertz CT molecular complexity index is 950. The molecule has 6 nitrogen and oxygen atoms in total. The molecule has 0 aliphatic carbocycles. The van der Waals surface area contributed by atoms with E-state index in [1.54, 1.807) is 31.9 Å². The van der Waals surface area contributed by atoms with Crippen LogP contribution >= 0.6 is 0 Å². The number of nitrogens with zero attached hydrogens (tertiary/aromatic N) is 3. The second kappa shape index (κ2) is 8.52. The number of rotatable bonds is 6. The Morgan fingerprint density at radius 1 is 1.04 bits per heavy atom. The minimum absolute atomic E-state index is 0.272. The predicted molar refractivity (Wildman–Crippen MR) is 107 cm³/mol. The first-order valence-electron chi connectivity index (χ1n) is 9.04. The smallest absolute Gasteiger partial charge is 0.342 e. The summed E-state index contributed by atoms with van der Waals surface area (Å²) in [5.74, 6) is -0.841. The van der Waals surface area contributed by atoms with E-state index in [1.807, 2.05) is 60.7 Å². The van der Waals surface area contributed by atoms with E-state index in [-0.39, 0.29) is 5.91 Å². The van der Waals surface area contributed by atoms with Crippen molar-refractivity contribution in [3.63, 3.8) is 0 Å². The van der Waals surface area contributed by atoms with Crippen molar-refractivity contribution in [1.29, 1.82) is 0 Å². The lowest BCUT2D eigenvalue weighted by Gasteiger charge is -2.17. The van der Waals surface area contributed by atoms with Gasteiger partial charge in [-0.25, -0.2) is 4.79 Å². The van der Waals surface area contributed by atoms with Crippen LogP contribution in [-0.2, 0) is 16.1 Å². The highest BCUT2D eigenvalue weighted by atomic mass is 16.5. The summed E-state index contributed by atoms with van der Waals surface area (Å²) in [6, 6.07) is 19.3. The Morgan fingerprint density at radius 3 is 2.25 bits per heavy atom. The number of carbonyl (C=O) groups excluding carboxylic acids is 2. The number of aromatic nitrogens is 2. The summed E-state index contributed by atoms with van der Waals surface area (Å²) in [5, 5.41) is 4.60. The van der Waals surface area contributed by atoms with Crippen LogP contribution in [0.1, 0.15) is 22.8 Å². The van der Waals surface area contributed by atoms with Crippen molar-refractivity contribution in [1.82, 2.24) is 14.7 Å². The highest BCUT2D eigenvalue weighted by molar-refractivity contribution is 5.97. The lowest BCUT2D eigenvalue weighted by molar-refractivity contribution is -0.137. The predicted octanol–water partition coefficient (Wildman–Crippen LogP) is 3.23. The van der Waals surface area contributed by atoms with Gasteiger partial charge in [0.25, 0.3) is 5.91 Å². The third kappa shape index (κ3) is 4.46. The Balaban J connectivity index is 1.91. The Morgan fingerprint density at radius 2 is 1.64 bits per heavy atom. The van der Waals surface area contributed by atoms with Crippen LogP contribution in [0, 0.1) is 0 Å². The first-order chi connectivity index (χ1) is 13.5. The van der Waals surface area contributed by atoms with Crippen LogP contribution in [0.2, 0.25) is 0 Å². The Labute approximate surface area is 164 Å². The third-order valence-corrected chi connectivity index (χ3v) is 4.29. The van der Waals surface area contributed by atoms with E-state index in [1.165, 1.54) is 4.90 Å². The molecule has 3 aromatic rings. The Kier molecular flexibility index (Phi) is 5.89. The molecule has 0 saturated carbocycles. The molecule has 3 rings (SSSR count). The van der Waals surface area contributed by atoms with Gasteiger partial charge in [0, 0.05) is 25.9 Å². The summed E-state index contributed by atoms with van der Waals surface area (Å²) < 4.78 is 7.12. The van der Waals surface area contributed by atoms with Gasteiger partial charge >= 0.3 is 5.97 Å². The van der Waals surface area contributed by atoms with Gasteiger partial charge in [0.05, 0.1) is 6.54 Å². The van der Waals surface area contributed by atoms with E-state index >= 15 is 0 Å². The zero-order valence-corrected chi connectivity index (χ0v) is 16.2. The van der Waals surface area contributed by atoms with Crippen molar-refractivity contribution in [2.24, 2.45) is 0 Å². The number of amides is 1. The minimum Gasteiger partial charge on any atom is -0.449 e. The monoisotopic (exact) mass is 377 g/mol. The van der Waals surface area contributed by atoms with Crippen LogP contribution in [0.15, 0.2) is 66.9 Å². The summed E-state index contributed by atoms with van der Waals surface area (Å²) in [5.41, 5.74) is 2.75. The fourth-order valence-corrected chi connectivity index (χ4v) is 2.87. The highest BCUT2D eigenvalue weighted by Crippen LogP contribution is 2.23. The van der Waals surface area contributed by atoms with Gasteiger partial charge in [0.2, 0.25) is 0 Å². The summed E-state index contributed by atoms with van der Waals surface area (Å²) in [7, 11) is 3.25. The number of carbonyl (C=O) groups is 2. The molecule has 0 saturated heterocycles. The third-order valence-electron chi connectivity index (χ3n) is 4.29. The molecule has 28 heavy (non-hydrogen) atoms. The van der Waals surface area contributed by atoms with Crippen LogP contribution in [0.5, 0.6) is 0 Å².